The molecule has 1 aliphatic carbocycles. The predicted octanol–water partition coefficient (Wildman–Crippen LogP) is 2.11. The molecule has 1 saturated carbocycles. The van der Waals surface area contributed by atoms with Crippen LogP contribution in [0.2, 0.25) is 0 Å². The Balaban J connectivity index is 1.87. The van der Waals surface area contributed by atoms with Gasteiger partial charge in [0.25, 0.3) is 0 Å². The van der Waals surface area contributed by atoms with E-state index < -0.39 is 0 Å². The lowest BCUT2D eigenvalue weighted by atomic mass is 9.89. The van der Waals surface area contributed by atoms with Crippen LogP contribution in [-0.4, -0.2) is 37.1 Å². The quantitative estimate of drug-likeness (QED) is 0.747. The first-order valence-electron chi connectivity index (χ1n) is 6.54. The second kappa shape index (κ2) is 4.42. The second-order valence-electron chi connectivity index (χ2n) is 6.29. The first-order chi connectivity index (χ1) is 7.09. The molecule has 0 aromatic rings. The molecule has 0 radical (unpaired) electrons. The Morgan fingerprint density at radius 2 is 2.13 bits per heavy atom. The van der Waals surface area contributed by atoms with Crippen molar-refractivity contribution in [3.63, 3.8) is 0 Å². The molecular formula is C13H26N2. The van der Waals surface area contributed by atoms with E-state index in [1.54, 1.807) is 0 Å². The Kier molecular flexibility index (Phi) is 3.36. The molecule has 1 atom stereocenters. The van der Waals surface area contributed by atoms with Gasteiger partial charge in [0.05, 0.1) is 0 Å². The first-order valence-corrected chi connectivity index (χ1v) is 6.54. The topological polar surface area (TPSA) is 15.3 Å². The number of nitrogens with zero attached hydrogens (tertiary/aromatic N) is 1. The normalized spacial score (nSPS) is 31.8. The van der Waals surface area contributed by atoms with Gasteiger partial charge in [-0.1, -0.05) is 20.8 Å². The molecule has 1 unspecified atom stereocenters. The summed E-state index contributed by atoms with van der Waals surface area (Å²) in [5, 5.41) is 3.50. The summed E-state index contributed by atoms with van der Waals surface area (Å²) in [5.41, 5.74) is 0.539. The summed E-state index contributed by atoms with van der Waals surface area (Å²) in [6, 6.07) is 0.921. The summed E-state index contributed by atoms with van der Waals surface area (Å²) in [7, 11) is 0. The van der Waals surface area contributed by atoms with Gasteiger partial charge >= 0.3 is 0 Å². The van der Waals surface area contributed by atoms with Crippen molar-refractivity contribution in [2.75, 3.05) is 26.2 Å². The molecule has 2 aliphatic rings. The standard InChI is InChI=1S/C13H26N2/c1-11(2)8-15(12-4-5-12)10-13(3)6-7-14-9-13/h11-12,14H,4-10H2,1-3H3. The number of nitrogens with one attached hydrogen (secondary N) is 1. The highest BCUT2D eigenvalue weighted by atomic mass is 15.2. The van der Waals surface area contributed by atoms with Crippen LogP contribution in [0.5, 0.6) is 0 Å². The van der Waals surface area contributed by atoms with Crippen molar-refractivity contribution in [2.45, 2.75) is 46.1 Å². The fourth-order valence-corrected chi connectivity index (χ4v) is 2.75. The fraction of sp³-hybridized carbons (Fsp3) is 1.00. The monoisotopic (exact) mass is 210 g/mol. The highest BCUT2D eigenvalue weighted by molar-refractivity contribution is 4.92. The molecule has 2 rings (SSSR count). The molecule has 2 nitrogen and oxygen atoms in total. The van der Waals surface area contributed by atoms with Gasteiger partial charge in [0.15, 0.2) is 0 Å². The largest absolute Gasteiger partial charge is 0.316 e. The van der Waals surface area contributed by atoms with Crippen LogP contribution in [0.3, 0.4) is 0 Å². The molecule has 88 valence electrons. The maximum Gasteiger partial charge on any atom is 0.00967 e. The minimum absolute atomic E-state index is 0.539. The van der Waals surface area contributed by atoms with Crippen LogP contribution in [0, 0.1) is 11.3 Å². The number of rotatable bonds is 5. The highest BCUT2D eigenvalue weighted by Gasteiger charge is 2.36. The van der Waals surface area contributed by atoms with Crippen molar-refractivity contribution in [2.24, 2.45) is 11.3 Å². The fourth-order valence-electron chi connectivity index (χ4n) is 2.75. The Hall–Kier alpha value is -0.0800. The third kappa shape index (κ3) is 3.18. The molecule has 2 heteroatoms. The Morgan fingerprint density at radius 3 is 2.60 bits per heavy atom. The van der Waals surface area contributed by atoms with E-state index in [-0.39, 0.29) is 0 Å². The Labute approximate surface area is 94.4 Å². The average Bonchev–Trinajstić information content (AvgIpc) is 2.89. The average molecular weight is 210 g/mol. The van der Waals surface area contributed by atoms with Crippen molar-refractivity contribution in [1.29, 1.82) is 0 Å². The van der Waals surface area contributed by atoms with E-state index in [0.29, 0.717) is 5.41 Å². The van der Waals surface area contributed by atoms with Crippen LogP contribution in [0.25, 0.3) is 0 Å². The lowest BCUT2D eigenvalue weighted by Gasteiger charge is -2.33. The molecule has 0 bridgehead atoms. The smallest absolute Gasteiger partial charge is 0.00967 e. The van der Waals surface area contributed by atoms with E-state index in [1.807, 2.05) is 0 Å². The summed E-state index contributed by atoms with van der Waals surface area (Å²) >= 11 is 0. The van der Waals surface area contributed by atoms with Gasteiger partial charge in [-0.2, -0.15) is 0 Å². The van der Waals surface area contributed by atoms with E-state index in [1.165, 1.54) is 45.4 Å². The van der Waals surface area contributed by atoms with Gasteiger partial charge in [-0.05, 0) is 37.1 Å². The second-order valence-corrected chi connectivity index (χ2v) is 6.29. The van der Waals surface area contributed by atoms with Crippen LogP contribution >= 0.6 is 0 Å². The maximum absolute atomic E-state index is 3.50. The predicted molar refractivity (Wildman–Crippen MR) is 65.0 cm³/mol. The van der Waals surface area contributed by atoms with Crippen LogP contribution in [0.15, 0.2) is 0 Å². The van der Waals surface area contributed by atoms with Crippen molar-refractivity contribution in [3.8, 4) is 0 Å². The lowest BCUT2D eigenvalue weighted by molar-refractivity contribution is 0.154. The third-order valence-electron chi connectivity index (χ3n) is 3.70. The maximum atomic E-state index is 3.50. The molecule has 1 N–H and O–H groups in total. The van der Waals surface area contributed by atoms with Crippen LogP contribution in [0.4, 0.5) is 0 Å². The zero-order chi connectivity index (χ0) is 10.9. The molecule has 0 aromatic heterocycles. The summed E-state index contributed by atoms with van der Waals surface area (Å²) in [6.07, 6.45) is 4.24. The summed E-state index contributed by atoms with van der Waals surface area (Å²) in [5.74, 6) is 0.809. The van der Waals surface area contributed by atoms with E-state index in [4.69, 9.17) is 0 Å². The molecule has 2 fully saturated rings. The van der Waals surface area contributed by atoms with Gasteiger partial charge < -0.3 is 5.32 Å². The molecular weight excluding hydrogens is 184 g/mol. The molecule has 0 amide bonds. The number of hydrogen-bond acceptors (Lipinski definition) is 2. The van der Waals surface area contributed by atoms with Crippen LogP contribution in [-0.2, 0) is 0 Å². The van der Waals surface area contributed by atoms with Crippen LogP contribution < -0.4 is 5.32 Å². The van der Waals surface area contributed by atoms with E-state index in [9.17, 15) is 0 Å². The molecule has 0 spiro atoms. The summed E-state index contributed by atoms with van der Waals surface area (Å²) in [6.45, 7) is 12.2. The SMILES string of the molecule is CC(C)CN(CC1(C)CCNC1)C1CC1. The molecule has 15 heavy (non-hydrogen) atoms. The minimum Gasteiger partial charge on any atom is -0.316 e. The molecule has 1 saturated heterocycles. The zero-order valence-corrected chi connectivity index (χ0v) is 10.6. The molecule has 1 aliphatic heterocycles. The van der Waals surface area contributed by atoms with Crippen molar-refractivity contribution >= 4 is 0 Å². The van der Waals surface area contributed by atoms with Crippen molar-refractivity contribution in [1.82, 2.24) is 10.2 Å². The molecule has 1 heterocycles. The summed E-state index contributed by atoms with van der Waals surface area (Å²) in [4.78, 5) is 2.75. The molecule has 0 aromatic carbocycles. The van der Waals surface area contributed by atoms with Crippen LogP contribution in [0.1, 0.15) is 40.0 Å². The van der Waals surface area contributed by atoms with E-state index in [2.05, 4.69) is 31.0 Å². The first kappa shape index (κ1) is 11.4. The van der Waals surface area contributed by atoms with E-state index in [0.717, 1.165) is 12.0 Å². The van der Waals surface area contributed by atoms with Gasteiger partial charge in [0, 0.05) is 25.7 Å². The van der Waals surface area contributed by atoms with Crippen molar-refractivity contribution < 1.29 is 0 Å². The van der Waals surface area contributed by atoms with Crippen molar-refractivity contribution in [3.05, 3.63) is 0 Å². The third-order valence-corrected chi connectivity index (χ3v) is 3.70. The van der Waals surface area contributed by atoms with Gasteiger partial charge in [0.2, 0.25) is 0 Å². The highest BCUT2D eigenvalue weighted by Crippen LogP contribution is 2.33. The lowest BCUT2D eigenvalue weighted by Crippen LogP contribution is -2.40. The Morgan fingerprint density at radius 1 is 1.40 bits per heavy atom. The Bertz CT molecular complexity index is 203. The summed E-state index contributed by atoms with van der Waals surface area (Å²) < 4.78 is 0. The number of hydrogen-bond donors (Lipinski definition) is 1. The van der Waals surface area contributed by atoms with E-state index >= 15 is 0 Å². The minimum atomic E-state index is 0.539. The van der Waals surface area contributed by atoms with Gasteiger partial charge in [-0.25, -0.2) is 0 Å². The van der Waals surface area contributed by atoms with Gasteiger partial charge in [0.1, 0.15) is 0 Å². The van der Waals surface area contributed by atoms with Gasteiger partial charge in [-0.15, -0.1) is 0 Å². The zero-order valence-electron chi connectivity index (χ0n) is 10.6. The van der Waals surface area contributed by atoms with Gasteiger partial charge in [-0.3, -0.25) is 4.90 Å².